The fourth-order valence-corrected chi connectivity index (χ4v) is 5.64. The van der Waals surface area contributed by atoms with Crippen LogP contribution in [0.1, 0.15) is 62.6 Å². The summed E-state index contributed by atoms with van der Waals surface area (Å²) in [5.41, 5.74) is 1.25. The van der Waals surface area contributed by atoms with Crippen LogP contribution in [0.25, 0.3) is 6.08 Å². The fraction of sp³-hybridized carbons (Fsp3) is 0.583. The summed E-state index contributed by atoms with van der Waals surface area (Å²) < 4.78 is 7.60. The Bertz CT molecular complexity index is 1030. The van der Waals surface area contributed by atoms with E-state index in [0.717, 1.165) is 50.2 Å². The summed E-state index contributed by atoms with van der Waals surface area (Å²) in [6.07, 6.45) is 6.99. The molecule has 2 fully saturated rings. The predicted octanol–water partition coefficient (Wildman–Crippen LogP) is 4.06. The number of amides is 1. The zero-order chi connectivity index (χ0) is 24.0. The molecule has 1 amide bonds. The Morgan fingerprint density at radius 2 is 1.88 bits per heavy atom. The molecule has 0 bridgehead atoms. The number of thiocarbonyl (C=S) groups is 1. The van der Waals surface area contributed by atoms with E-state index in [4.69, 9.17) is 17.0 Å². The van der Waals surface area contributed by atoms with Crippen LogP contribution >= 0.6 is 24.0 Å². The highest BCUT2D eigenvalue weighted by Gasteiger charge is 2.33. The van der Waals surface area contributed by atoms with Crippen molar-refractivity contribution in [2.75, 3.05) is 37.7 Å². The molecule has 0 unspecified atom stereocenters. The Balaban J connectivity index is 2.07. The van der Waals surface area contributed by atoms with Crippen molar-refractivity contribution >= 4 is 46.1 Å². The van der Waals surface area contributed by atoms with Crippen LogP contribution < -0.4 is 10.5 Å². The van der Waals surface area contributed by atoms with Crippen molar-refractivity contribution in [2.24, 2.45) is 0 Å². The third kappa shape index (κ3) is 5.51. The molecule has 33 heavy (non-hydrogen) atoms. The summed E-state index contributed by atoms with van der Waals surface area (Å²) in [5, 5.41) is 9.72. The van der Waals surface area contributed by atoms with Crippen LogP contribution in [0.4, 0.5) is 5.82 Å². The highest BCUT2D eigenvalue weighted by molar-refractivity contribution is 8.26. The Morgan fingerprint density at radius 3 is 2.48 bits per heavy atom. The number of anilines is 1. The van der Waals surface area contributed by atoms with Crippen LogP contribution in [0.15, 0.2) is 9.70 Å². The Hall–Kier alpha value is -2.15. The first-order chi connectivity index (χ1) is 15.9. The van der Waals surface area contributed by atoms with Crippen LogP contribution in [0.3, 0.4) is 0 Å². The Kier molecular flexibility index (Phi) is 9.12. The Morgan fingerprint density at radius 1 is 1.18 bits per heavy atom. The number of nitriles is 1. The number of thioether (sulfide) groups is 1. The fourth-order valence-electron chi connectivity index (χ4n) is 4.35. The Labute approximate surface area is 205 Å². The summed E-state index contributed by atoms with van der Waals surface area (Å²) >= 11 is 6.76. The highest BCUT2D eigenvalue weighted by atomic mass is 32.2. The van der Waals surface area contributed by atoms with Crippen molar-refractivity contribution in [2.45, 2.75) is 59.4 Å². The van der Waals surface area contributed by atoms with Gasteiger partial charge in [-0.1, -0.05) is 36.8 Å². The van der Waals surface area contributed by atoms with E-state index in [2.05, 4.69) is 11.0 Å². The second kappa shape index (κ2) is 11.8. The molecule has 1 aromatic heterocycles. The number of aromatic nitrogens is 1. The standard InChI is InChI=1S/C24H32N4O3S2/c1-4-27-21(26-11-8-6-7-9-12-26)18(17(3)19(16-25)22(27)29)15-20-23(30)28(24(32)33-20)13-10-14-31-5-2/h15H,4-14H2,1-3H3/b20-15+. The van der Waals surface area contributed by atoms with Gasteiger partial charge in [0.15, 0.2) is 0 Å². The van der Waals surface area contributed by atoms with E-state index in [-0.39, 0.29) is 17.0 Å². The number of nitrogens with zero attached hydrogens (tertiary/aromatic N) is 4. The third-order valence-electron chi connectivity index (χ3n) is 6.09. The van der Waals surface area contributed by atoms with Gasteiger partial charge in [-0.25, -0.2) is 0 Å². The molecule has 0 spiro atoms. The second-order valence-electron chi connectivity index (χ2n) is 8.18. The molecule has 0 aromatic carbocycles. The lowest BCUT2D eigenvalue weighted by molar-refractivity contribution is -0.122. The predicted molar refractivity (Wildman–Crippen MR) is 137 cm³/mol. The largest absolute Gasteiger partial charge is 0.382 e. The number of carbonyl (C=O) groups excluding carboxylic acids is 1. The van der Waals surface area contributed by atoms with E-state index in [1.807, 2.05) is 19.9 Å². The number of carbonyl (C=O) groups is 1. The van der Waals surface area contributed by atoms with Gasteiger partial charge in [-0.2, -0.15) is 5.26 Å². The van der Waals surface area contributed by atoms with Gasteiger partial charge in [0.1, 0.15) is 21.8 Å². The molecule has 3 rings (SSSR count). The molecule has 2 saturated heterocycles. The van der Waals surface area contributed by atoms with Gasteiger partial charge in [0.05, 0.1) is 4.91 Å². The minimum Gasteiger partial charge on any atom is -0.382 e. The van der Waals surface area contributed by atoms with Crippen molar-refractivity contribution in [1.29, 1.82) is 5.26 Å². The van der Waals surface area contributed by atoms with Crippen molar-refractivity contribution in [1.82, 2.24) is 9.47 Å². The number of hydrogen-bond acceptors (Lipinski definition) is 7. The molecule has 0 radical (unpaired) electrons. The minimum atomic E-state index is -0.266. The zero-order valence-electron chi connectivity index (χ0n) is 19.7. The summed E-state index contributed by atoms with van der Waals surface area (Å²) in [6.45, 7) is 9.56. The lowest BCUT2D eigenvalue weighted by atomic mass is 10.0. The molecule has 0 aliphatic carbocycles. The third-order valence-corrected chi connectivity index (χ3v) is 7.47. The second-order valence-corrected chi connectivity index (χ2v) is 9.86. The number of ether oxygens (including phenoxy) is 1. The lowest BCUT2D eigenvalue weighted by Crippen LogP contribution is -2.35. The zero-order valence-corrected chi connectivity index (χ0v) is 21.3. The molecule has 0 atom stereocenters. The van der Waals surface area contributed by atoms with Crippen LogP contribution in [0.5, 0.6) is 0 Å². The molecule has 3 heterocycles. The van der Waals surface area contributed by atoms with E-state index >= 15 is 0 Å². The van der Waals surface area contributed by atoms with E-state index in [1.54, 1.807) is 16.4 Å². The molecule has 9 heteroatoms. The van der Waals surface area contributed by atoms with Crippen molar-refractivity contribution in [3.8, 4) is 6.07 Å². The maximum Gasteiger partial charge on any atom is 0.270 e. The maximum atomic E-state index is 13.2. The topological polar surface area (TPSA) is 78.6 Å². The molecular formula is C24H32N4O3S2. The van der Waals surface area contributed by atoms with Gasteiger partial charge < -0.3 is 9.64 Å². The van der Waals surface area contributed by atoms with Crippen LogP contribution in [0, 0.1) is 18.3 Å². The summed E-state index contributed by atoms with van der Waals surface area (Å²) in [5.74, 6) is 0.679. The maximum absolute atomic E-state index is 13.2. The normalized spacial score (nSPS) is 18.2. The molecule has 0 N–H and O–H groups in total. The summed E-state index contributed by atoms with van der Waals surface area (Å²) in [7, 11) is 0. The molecule has 178 valence electrons. The first kappa shape index (κ1) is 25.5. The highest BCUT2D eigenvalue weighted by Crippen LogP contribution is 2.36. The van der Waals surface area contributed by atoms with Gasteiger partial charge in [-0.15, -0.1) is 0 Å². The average Bonchev–Trinajstić information content (AvgIpc) is 2.97. The summed E-state index contributed by atoms with van der Waals surface area (Å²) in [6, 6.07) is 2.09. The number of hydrogen-bond donors (Lipinski definition) is 0. The molecule has 1 aromatic rings. The van der Waals surface area contributed by atoms with Gasteiger partial charge in [0.2, 0.25) is 0 Å². The van der Waals surface area contributed by atoms with Crippen LogP contribution in [-0.2, 0) is 16.1 Å². The number of rotatable bonds is 8. The quantitative estimate of drug-likeness (QED) is 0.310. The van der Waals surface area contributed by atoms with Crippen molar-refractivity contribution in [3.63, 3.8) is 0 Å². The average molecular weight is 489 g/mol. The van der Waals surface area contributed by atoms with E-state index in [1.165, 1.54) is 11.8 Å². The summed E-state index contributed by atoms with van der Waals surface area (Å²) in [4.78, 5) is 30.7. The first-order valence-corrected chi connectivity index (χ1v) is 12.9. The van der Waals surface area contributed by atoms with Crippen molar-refractivity contribution in [3.05, 3.63) is 31.9 Å². The van der Waals surface area contributed by atoms with Crippen LogP contribution in [0.2, 0.25) is 0 Å². The molecule has 7 nitrogen and oxygen atoms in total. The van der Waals surface area contributed by atoms with E-state index in [9.17, 15) is 14.9 Å². The number of pyridine rings is 1. The molecule has 0 saturated carbocycles. The first-order valence-electron chi connectivity index (χ1n) is 11.7. The monoisotopic (exact) mass is 488 g/mol. The van der Waals surface area contributed by atoms with Crippen LogP contribution in [-0.4, -0.2) is 52.5 Å². The van der Waals surface area contributed by atoms with Crippen molar-refractivity contribution < 1.29 is 9.53 Å². The van der Waals surface area contributed by atoms with E-state index in [0.29, 0.717) is 47.5 Å². The van der Waals surface area contributed by atoms with E-state index < -0.39 is 0 Å². The van der Waals surface area contributed by atoms with Gasteiger partial charge in [-0.3, -0.25) is 19.1 Å². The molecule has 2 aliphatic rings. The van der Waals surface area contributed by atoms with Gasteiger partial charge >= 0.3 is 0 Å². The van der Waals surface area contributed by atoms with Gasteiger partial charge in [0, 0.05) is 45.0 Å². The minimum absolute atomic E-state index is 0.129. The smallest absolute Gasteiger partial charge is 0.270 e. The van der Waals surface area contributed by atoms with Gasteiger partial charge in [-0.05, 0) is 51.7 Å². The molecular weight excluding hydrogens is 456 g/mol. The lowest BCUT2D eigenvalue weighted by Gasteiger charge is -2.29. The SMILES string of the molecule is CCOCCCN1C(=O)/C(=C\c2c(C)c(C#N)c(=O)n(CC)c2N2CCCCCC2)SC1=S. The molecule has 2 aliphatic heterocycles. The van der Waals surface area contributed by atoms with Gasteiger partial charge in [0.25, 0.3) is 11.5 Å².